The van der Waals surface area contributed by atoms with Crippen LogP contribution < -0.4 is 0 Å². The third-order valence-corrected chi connectivity index (χ3v) is 5.43. The SMILES string of the molecule is CC1CN(C(=O)CN2CCc3nc4ncc(Br)cc4cc3C2)CC(C)O1. The van der Waals surface area contributed by atoms with Crippen LogP contribution in [0.15, 0.2) is 22.8 Å². The third kappa shape index (κ3) is 3.75. The monoisotopic (exact) mass is 418 g/mol. The van der Waals surface area contributed by atoms with Crippen LogP contribution in [0.4, 0.5) is 0 Å². The molecule has 7 heteroatoms. The van der Waals surface area contributed by atoms with E-state index >= 15 is 0 Å². The predicted octanol–water partition coefficient (Wildman–Crippen LogP) is 2.39. The standard InChI is InChI=1S/C19H23BrN4O2/c1-12-8-24(9-13(2)26-12)18(25)11-23-4-3-17-15(10-23)5-14-6-16(20)7-21-19(14)22-17/h5-7,12-13H,3-4,8-11H2,1-2H3. The Hall–Kier alpha value is -1.57. The molecule has 26 heavy (non-hydrogen) atoms. The second-order valence-electron chi connectivity index (χ2n) is 7.31. The van der Waals surface area contributed by atoms with Crippen LogP contribution in [0.1, 0.15) is 25.1 Å². The van der Waals surface area contributed by atoms with Gasteiger partial charge in [-0.25, -0.2) is 9.97 Å². The predicted molar refractivity (Wildman–Crippen MR) is 103 cm³/mol. The Morgan fingerprint density at radius 3 is 2.85 bits per heavy atom. The molecule has 4 rings (SSSR count). The van der Waals surface area contributed by atoms with Crippen molar-refractivity contribution in [1.29, 1.82) is 0 Å². The van der Waals surface area contributed by atoms with Crippen molar-refractivity contribution >= 4 is 32.9 Å². The molecule has 2 aromatic rings. The Kier molecular flexibility index (Phi) is 4.94. The Morgan fingerprint density at radius 1 is 1.31 bits per heavy atom. The second kappa shape index (κ2) is 7.21. The van der Waals surface area contributed by atoms with Crippen molar-refractivity contribution in [3.8, 4) is 0 Å². The maximum absolute atomic E-state index is 12.7. The van der Waals surface area contributed by atoms with Gasteiger partial charge in [0.05, 0.1) is 18.8 Å². The van der Waals surface area contributed by atoms with Gasteiger partial charge in [0.1, 0.15) is 0 Å². The smallest absolute Gasteiger partial charge is 0.236 e. The molecule has 2 aliphatic heterocycles. The summed E-state index contributed by atoms with van der Waals surface area (Å²) in [6, 6.07) is 4.20. The van der Waals surface area contributed by atoms with Crippen molar-refractivity contribution in [2.75, 3.05) is 26.2 Å². The summed E-state index contributed by atoms with van der Waals surface area (Å²) in [5, 5.41) is 1.03. The van der Waals surface area contributed by atoms with Gasteiger partial charge < -0.3 is 9.64 Å². The van der Waals surface area contributed by atoms with Crippen molar-refractivity contribution in [3.05, 3.63) is 34.1 Å². The van der Waals surface area contributed by atoms with Crippen LogP contribution in [0.2, 0.25) is 0 Å². The zero-order valence-electron chi connectivity index (χ0n) is 15.1. The molecule has 1 fully saturated rings. The minimum absolute atomic E-state index is 0.103. The highest BCUT2D eigenvalue weighted by Gasteiger charge is 2.28. The van der Waals surface area contributed by atoms with Gasteiger partial charge in [-0.3, -0.25) is 9.69 Å². The highest BCUT2D eigenvalue weighted by atomic mass is 79.9. The van der Waals surface area contributed by atoms with Crippen LogP contribution in [0.3, 0.4) is 0 Å². The summed E-state index contributed by atoms with van der Waals surface area (Å²) in [7, 11) is 0. The molecule has 0 N–H and O–H groups in total. The number of halogens is 1. The summed E-state index contributed by atoms with van der Waals surface area (Å²) in [4.78, 5) is 26.0. The van der Waals surface area contributed by atoms with E-state index in [1.807, 2.05) is 24.8 Å². The van der Waals surface area contributed by atoms with Crippen LogP contribution in [0, 0.1) is 0 Å². The lowest BCUT2D eigenvalue weighted by molar-refractivity contribution is -0.144. The average Bonchev–Trinajstić information content (AvgIpc) is 2.59. The van der Waals surface area contributed by atoms with Gasteiger partial charge in [0.2, 0.25) is 5.91 Å². The number of nitrogens with zero attached hydrogens (tertiary/aromatic N) is 4. The molecule has 2 aliphatic rings. The zero-order valence-corrected chi connectivity index (χ0v) is 16.7. The maximum Gasteiger partial charge on any atom is 0.236 e. The number of aromatic nitrogens is 2. The molecular weight excluding hydrogens is 396 g/mol. The minimum atomic E-state index is 0.103. The van der Waals surface area contributed by atoms with E-state index in [1.54, 1.807) is 6.20 Å². The van der Waals surface area contributed by atoms with Gasteiger partial charge in [-0.1, -0.05) is 0 Å². The first-order valence-electron chi connectivity index (χ1n) is 9.07. The molecule has 138 valence electrons. The third-order valence-electron chi connectivity index (χ3n) is 4.99. The van der Waals surface area contributed by atoms with Crippen molar-refractivity contribution in [3.63, 3.8) is 0 Å². The highest BCUT2D eigenvalue weighted by Crippen LogP contribution is 2.23. The molecule has 1 amide bonds. The summed E-state index contributed by atoms with van der Waals surface area (Å²) in [6.07, 6.45) is 2.84. The van der Waals surface area contributed by atoms with Gasteiger partial charge in [0.15, 0.2) is 5.65 Å². The topological polar surface area (TPSA) is 58.6 Å². The molecule has 2 aromatic heterocycles. The van der Waals surface area contributed by atoms with E-state index in [-0.39, 0.29) is 18.1 Å². The quantitative estimate of drug-likeness (QED) is 0.748. The summed E-state index contributed by atoms with van der Waals surface area (Å²) >= 11 is 3.47. The maximum atomic E-state index is 12.7. The number of hydrogen-bond acceptors (Lipinski definition) is 5. The molecule has 2 atom stereocenters. The number of amides is 1. The Bertz CT molecular complexity index is 834. The fourth-order valence-corrected chi connectivity index (χ4v) is 4.21. The molecule has 0 spiro atoms. The molecule has 0 aliphatic carbocycles. The molecule has 0 saturated carbocycles. The van der Waals surface area contributed by atoms with Gasteiger partial charge >= 0.3 is 0 Å². The van der Waals surface area contributed by atoms with Gasteiger partial charge in [0, 0.05) is 54.3 Å². The molecule has 0 aromatic carbocycles. The highest BCUT2D eigenvalue weighted by molar-refractivity contribution is 9.10. The van der Waals surface area contributed by atoms with E-state index in [9.17, 15) is 4.79 Å². The average molecular weight is 419 g/mol. The van der Waals surface area contributed by atoms with Crippen LogP contribution in [0.25, 0.3) is 11.0 Å². The lowest BCUT2D eigenvalue weighted by Crippen LogP contribution is -2.51. The van der Waals surface area contributed by atoms with Crippen molar-refractivity contribution in [1.82, 2.24) is 19.8 Å². The van der Waals surface area contributed by atoms with Crippen LogP contribution in [-0.4, -0.2) is 64.1 Å². The molecule has 6 nitrogen and oxygen atoms in total. The van der Waals surface area contributed by atoms with E-state index in [0.29, 0.717) is 19.6 Å². The minimum Gasteiger partial charge on any atom is -0.372 e. The first-order valence-corrected chi connectivity index (χ1v) is 9.87. The van der Waals surface area contributed by atoms with E-state index in [2.05, 4.69) is 31.9 Å². The lowest BCUT2D eigenvalue weighted by Gasteiger charge is -2.37. The molecule has 0 radical (unpaired) electrons. The number of hydrogen-bond donors (Lipinski definition) is 0. The van der Waals surface area contributed by atoms with Gasteiger partial charge in [-0.05, 0) is 47.5 Å². The number of morpholine rings is 1. The van der Waals surface area contributed by atoms with E-state index in [1.165, 1.54) is 5.56 Å². The number of carbonyl (C=O) groups excluding carboxylic acids is 1. The first-order chi connectivity index (χ1) is 12.5. The van der Waals surface area contributed by atoms with Crippen LogP contribution in [-0.2, 0) is 22.5 Å². The summed E-state index contributed by atoms with van der Waals surface area (Å²) in [5.41, 5.74) is 3.08. The summed E-state index contributed by atoms with van der Waals surface area (Å²) in [5.74, 6) is 0.189. The van der Waals surface area contributed by atoms with Crippen molar-refractivity contribution < 1.29 is 9.53 Å². The normalized spacial score (nSPS) is 23.9. The lowest BCUT2D eigenvalue weighted by atomic mass is 10.0. The van der Waals surface area contributed by atoms with Crippen LogP contribution >= 0.6 is 15.9 Å². The van der Waals surface area contributed by atoms with Gasteiger partial charge in [0.25, 0.3) is 0 Å². The van der Waals surface area contributed by atoms with E-state index in [0.717, 1.165) is 40.7 Å². The zero-order chi connectivity index (χ0) is 18.3. The Morgan fingerprint density at radius 2 is 2.08 bits per heavy atom. The summed E-state index contributed by atoms with van der Waals surface area (Å²) < 4.78 is 6.68. The number of fused-ring (bicyclic) bond motifs is 2. The van der Waals surface area contributed by atoms with Crippen molar-refractivity contribution in [2.24, 2.45) is 0 Å². The number of ether oxygens (including phenoxy) is 1. The fraction of sp³-hybridized carbons (Fsp3) is 0.526. The molecule has 2 unspecified atom stereocenters. The van der Waals surface area contributed by atoms with Crippen molar-refractivity contribution in [2.45, 2.75) is 39.0 Å². The largest absolute Gasteiger partial charge is 0.372 e. The van der Waals surface area contributed by atoms with Crippen LogP contribution in [0.5, 0.6) is 0 Å². The number of rotatable bonds is 2. The Labute approximate surface area is 161 Å². The van der Waals surface area contributed by atoms with E-state index in [4.69, 9.17) is 9.72 Å². The second-order valence-corrected chi connectivity index (χ2v) is 8.23. The molecule has 1 saturated heterocycles. The fourth-order valence-electron chi connectivity index (χ4n) is 3.86. The molecule has 0 bridgehead atoms. The first kappa shape index (κ1) is 17.8. The molecular formula is C19H23BrN4O2. The van der Waals surface area contributed by atoms with Gasteiger partial charge in [-0.2, -0.15) is 0 Å². The summed E-state index contributed by atoms with van der Waals surface area (Å²) in [6.45, 7) is 7.47. The van der Waals surface area contributed by atoms with E-state index < -0.39 is 0 Å². The van der Waals surface area contributed by atoms with Gasteiger partial charge in [-0.15, -0.1) is 0 Å². The number of carbonyl (C=O) groups is 1. The molecule has 4 heterocycles. The number of pyridine rings is 2. The Balaban J connectivity index is 1.47.